The van der Waals surface area contributed by atoms with E-state index in [1.165, 1.54) is 6.33 Å². The molecule has 2 N–H and O–H groups in total. The third kappa shape index (κ3) is 3.29. The monoisotopic (exact) mass is 373 g/mol. The molecule has 0 saturated heterocycles. The van der Waals surface area contributed by atoms with Gasteiger partial charge in [-0.2, -0.15) is 0 Å². The Morgan fingerprint density at radius 3 is 2.68 bits per heavy atom. The van der Waals surface area contributed by atoms with E-state index in [4.69, 9.17) is 0 Å². The maximum Gasteiger partial charge on any atom is 0.257 e. The lowest BCUT2D eigenvalue weighted by molar-refractivity contribution is 0.0949. The van der Waals surface area contributed by atoms with Crippen molar-refractivity contribution < 1.29 is 9.59 Å². The average molecular weight is 373 g/mol. The van der Waals surface area contributed by atoms with Crippen molar-refractivity contribution in [2.24, 2.45) is 0 Å². The van der Waals surface area contributed by atoms with Gasteiger partial charge in [-0.3, -0.25) is 9.59 Å². The molecule has 2 aromatic carbocycles. The van der Waals surface area contributed by atoms with Gasteiger partial charge in [0, 0.05) is 36.6 Å². The van der Waals surface area contributed by atoms with Crippen LogP contribution in [0.25, 0.3) is 0 Å². The van der Waals surface area contributed by atoms with E-state index < -0.39 is 0 Å². The molecule has 3 aromatic rings. The minimum atomic E-state index is -0.231. The van der Waals surface area contributed by atoms with Crippen molar-refractivity contribution in [2.75, 3.05) is 16.8 Å². The number of benzene rings is 2. The van der Waals surface area contributed by atoms with E-state index in [-0.39, 0.29) is 11.8 Å². The lowest BCUT2D eigenvalue weighted by Gasteiger charge is -2.24. The zero-order chi connectivity index (χ0) is 19.5. The van der Waals surface area contributed by atoms with Crippen LogP contribution in [-0.4, -0.2) is 28.3 Å². The zero-order valence-electron chi connectivity index (χ0n) is 15.3. The first-order chi connectivity index (χ1) is 13.7. The first kappa shape index (κ1) is 17.7. The molecule has 0 unspecified atom stereocenters. The second-order valence-corrected chi connectivity index (χ2v) is 6.38. The fourth-order valence-corrected chi connectivity index (χ4v) is 3.28. The largest absolute Gasteiger partial charge is 0.348 e. The van der Waals surface area contributed by atoms with Gasteiger partial charge in [0.15, 0.2) is 0 Å². The van der Waals surface area contributed by atoms with Crippen molar-refractivity contribution in [1.82, 2.24) is 15.3 Å². The van der Waals surface area contributed by atoms with E-state index in [1.807, 2.05) is 31.2 Å². The number of rotatable bonds is 4. The van der Waals surface area contributed by atoms with E-state index in [1.54, 1.807) is 30.6 Å². The Bertz CT molecular complexity index is 1040. The predicted octanol–water partition coefficient (Wildman–Crippen LogP) is 3.13. The molecule has 2 amide bonds. The van der Waals surface area contributed by atoms with E-state index >= 15 is 0 Å². The molecule has 7 nitrogen and oxygen atoms in total. The minimum absolute atomic E-state index is 0.188. The topological polar surface area (TPSA) is 87.2 Å². The Kier molecular flexibility index (Phi) is 4.72. The van der Waals surface area contributed by atoms with Crippen LogP contribution >= 0.6 is 0 Å². The number of fused-ring (bicyclic) bond motifs is 2. The first-order valence-corrected chi connectivity index (χ1v) is 9.01. The summed E-state index contributed by atoms with van der Waals surface area (Å²) in [6.07, 6.45) is 4.75. The lowest BCUT2D eigenvalue weighted by atomic mass is 10.1. The van der Waals surface area contributed by atoms with Crippen LogP contribution < -0.4 is 15.5 Å². The number of amides is 2. The second kappa shape index (κ2) is 7.48. The molecule has 0 fully saturated rings. The van der Waals surface area contributed by atoms with Crippen LogP contribution in [0.3, 0.4) is 0 Å². The van der Waals surface area contributed by atoms with E-state index in [0.29, 0.717) is 29.9 Å². The molecular weight excluding hydrogens is 354 g/mol. The molecule has 7 heteroatoms. The molecule has 0 atom stereocenters. The van der Waals surface area contributed by atoms with E-state index in [9.17, 15) is 9.59 Å². The molecule has 0 spiro atoms. The highest BCUT2D eigenvalue weighted by molar-refractivity contribution is 6.13. The molecule has 2 heterocycles. The van der Waals surface area contributed by atoms with Gasteiger partial charge >= 0.3 is 0 Å². The highest BCUT2D eigenvalue weighted by atomic mass is 16.2. The maximum absolute atomic E-state index is 12.7. The SMILES string of the molecule is CCN1c2ccc(C(=O)NCc3cncnc3)cc2NC(=O)c2ccccc21. The van der Waals surface area contributed by atoms with Crippen LogP contribution in [0.2, 0.25) is 0 Å². The van der Waals surface area contributed by atoms with Gasteiger partial charge in [-0.1, -0.05) is 12.1 Å². The number of carbonyl (C=O) groups excluding carboxylic acids is 2. The normalized spacial score (nSPS) is 12.5. The van der Waals surface area contributed by atoms with Gasteiger partial charge in [0.1, 0.15) is 6.33 Å². The van der Waals surface area contributed by atoms with Gasteiger partial charge in [0.25, 0.3) is 11.8 Å². The van der Waals surface area contributed by atoms with Crippen molar-refractivity contribution in [3.63, 3.8) is 0 Å². The average Bonchev–Trinajstić information content (AvgIpc) is 2.86. The number of aromatic nitrogens is 2. The Morgan fingerprint density at radius 1 is 1.11 bits per heavy atom. The smallest absolute Gasteiger partial charge is 0.257 e. The second-order valence-electron chi connectivity index (χ2n) is 6.38. The summed E-state index contributed by atoms with van der Waals surface area (Å²) in [5.41, 5.74) is 4.20. The predicted molar refractivity (Wildman–Crippen MR) is 107 cm³/mol. The van der Waals surface area contributed by atoms with Crippen LogP contribution in [0.1, 0.15) is 33.2 Å². The molecule has 28 heavy (non-hydrogen) atoms. The molecule has 0 bridgehead atoms. The number of nitrogens with one attached hydrogen (secondary N) is 2. The summed E-state index contributed by atoms with van der Waals surface area (Å²) in [6.45, 7) is 3.05. The Hall–Kier alpha value is -3.74. The molecule has 140 valence electrons. The third-order valence-corrected chi connectivity index (χ3v) is 4.62. The van der Waals surface area contributed by atoms with Crippen molar-refractivity contribution in [3.8, 4) is 0 Å². The summed E-state index contributed by atoms with van der Waals surface area (Å²) in [6, 6.07) is 12.8. The number of carbonyl (C=O) groups is 2. The molecule has 1 aromatic heterocycles. The van der Waals surface area contributed by atoms with Gasteiger partial charge in [0.2, 0.25) is 0 Å². The zero-order valence-corrected chi connectivity index (χ0v) is 15.3. The Balaban J connectivity index is 1.62. The van der Waals surface area contributed by atoms with E-state index in [0.717, 1.165) is 16.9 Å². The quantitative estimate of drug-likeness (QED) is 0.734. The summed E-state index contributed by atoms with van der Waals surface area (Å²) in [4.78, 5) is 35.2. The van der Waals surface area contributed by atoms with Crippen LogP contribution in [0.15, 0.2) is 61.2 Å². The van der Waals surface area contributed by atoms with Gasteiger partial charge < -0.3 is 15.5 Å². The van der Waals surface area contributed by atoms with Gasteiger partial charge in [-0.25, -0.2) is 9.97 Å². The number of para-hydroxylation sites is 1. The van der Waals surface area contributed by atoms with Crippen molar-refractivity contribution in [3.05, 3.63) is 77.9 Å². The maximum atomic E-state index is 12.7. The number of anilines is 3. The number of hydrogen-bond acceptors (Lipinski definition) is 5. The van der Waals surface area contributed by atoms with Gasteiger partial charge in [-0.15, -0.1) is 0 Å². The van der Waals surface area contributed by atoms with Crippen molar-refractivity contribution >= 4 is 28.9 Å². The molecule has 0 saturated carbocycles. The highest BCUT2D eigenvalue weighted by Gasteiger charge is 2.24. The van der Waals surface area contributed by atoms with E-state index in [2.05, 4.69) is 25.5 Å². The van der Waals surface area contributed by atoms with Crippen LogP contribution in [0, 0.1) is 0 Å². The minimum Gasteiger partial charge on any atom is -0.348 e. The third-order valence-electron chi connectivity index (χ3n) is 4.62. The Morgan fingerprint density at radius 2 is 1.89 bits per heavy atom. The molecule has 4 rings (SSSR count). The molecular formula is C21H19N5O2. The van der Waals surface area contributed by atoms with Crippen LogP contribution in [0.4, 0.5) is 17.1 Å². The first-order valence-electron chi connectivity index (χ1n) is 9.01. The highest BCUT2D eigenvalue weighted by Crippen LogP contribution is 2.37. The van der Waals surface area contributed by atoms with Gasteiger partial charge in [-0.05, 0) is 37.3 Å². The summed E-state index contributed by atoms with van der Waals surface area (Å²) in [5, 5.41) is 5.78. The molecule has 1 aliphatic rings. The summed E-state index contributed by atoms with van der Waals surface area (Å²) >= 11 is 0. The van der Waals surface area contributed by atoms with Gasteiger partial charge in [0.05, 0.1) is 22.6 Å². The van der Waals surface area contributed by atoms with Crippen LogP contribution in [-0.2, 0) is 6.54 Å². The molecule has 0 aliphatic carbocycles. The fourth-order valence-electron chi connectivity index (χ4n) is 3.28. The number of hydrogen-bond donors (Lipinski definition) is 2. The molecule has 0 radical (unpaired) electrons. The lowest BCUT2D eigenvalue weighted by Crippen LogP contribution is -2.23. The Labute approximate surface area is 162 Å². The van der Waals surface area contributed by atoms with Crippen molar-refractivity contribution in [1.29, 1.82) is 0 Å². The van der Waals surface area contributed by atoms with Crippen LogP contribution in [0.5, 0.6) is 0 Å². The summed E-state index contributed by atoms with van der Waals surface area (Å²) in [5.74, 6) is -0.419. The summed E-state index contributed by atoms with van der Waals surface area (Å²) in [7, 11) is 0. The molecule has 1 aliphatic heterocycles. The summed E-state index contributed by atoms with van der Waals surface area (Å²) < 4.78 is 0. The standard InChI is InChI=1S/C21H19N5O2/c1-2-26-18-6-4-3-5-16(18)21(28)25-17-9-15(7-8-19(17)26)20(27)24-12-14-10-22-13-23-11-14/h3-11,13H,2,12H2,1H3,(H,24,27)(H,25,28). The number of nitrogens with zero attached hydrogens (tertiary/aromatic N) is 3. The van der Waals surface area contributed by atoms with Crippen molar-refractivity contribution in [2.45, 2.75) is 13.5 Å². The fraction of sp³-hybridized carbons (Fsp3) is 0.143.